The molecule has 2 atom stereocenters. The minimum Gasteiger partial charge on any atom is -0.481 e. The Balaban J connectivity index is 1.70. The number of rotatable bonds is 12. The van der Waals surface area contributed by atoms with Crippen molar-refractivity contribution in [1.29, 1.82) is 0 Å². The predicted molar refractivity (Wildman–Crippen MR) is 134 cm³/mol. The highest BCUT2D eigenvalue weighted by molar-refractivity contribution is 6.31. The molecule has 0 radical (unpaired) electrons. The number of carboxylic acids is 1. The maximum Gasteiger partial charge on any atom is 0.303 e. The first kappa shape index (κ1) is 25.9. The van der Waals surface area contributed by atoms with Gasteiger partial charge in [-0.2, -0.15) is 0 Å². The second-order valence-electron chi connectivity index (χ2n) is 9.27. The van der Waals surface area contributed by atoms with Gasteiger partial charge in [0.05, 0.1) is 11.1 Å². The van der Waals surface area contributed by atoms with Crippen LogP contribution < -0.4 is 0 Å². The van der Waals surface area contributed by atoms with Crippen LogP contribution in [0.15, 0.2) is 36.5 Å². The number of aliphatic carboxylic acids is 1. The molecule has 0 aliphatic rings. The van der Waals surface area contributed by atoms with Crippen LogP contribution in [0, 0.1) is 12.8 Å². The van der Waals surface area contributed by atoms with Crippen LogP contribution in [0.3, 0.4) is 0 Å². The van der Waals surface area contributed by atoms with Gasteiger partial charge in [0.2, 0.25) is 0 Å². The van der Waals surface area contributed by atoms with Crippen LogP contribution in [0.4, 0.5) is 0 Å². The number of carbonyl (C=O) groups excluding carboxylic acids is 1. The average Bonchev–Trinajstić information content (AvgIpc) is 3.03. The molecular weight excluding hydrogens is 452 g/mol. The zero-order valence-corrected chi connectivity index (χ0v) is 20.8. The number of aliphatic hydroxyl groups excluding tert-OH is 1. The van der Waals surface area contributed by atoms with E-state index in [1.165, 1.54) is 0 Å². The monoisotopic (exact) mass is 484 g/mol. The average molecular weight is 485 g/mol. The number of ketones is 1. The Labute approximate surface area is 205 Å². The molecule has 0 fully saturated rings. The van der Waals surface area contributed by atoms with E-state index in [-0.39, 0.29) is 24.5 Å². The topological polar surface area (TPSA) is 92.4 Å². The van der Waals surface area contributed by atoms with Gasteiger partial charge < -0.3 is 14.8 Å². The van der Waals surface area contributed by atoms with Crippen LogP contribution in [0.25, 0.3) is 11.0 Å². The normalized spacial score (nSPS) is 13.2. The molecule has 0 saturated carbocycles. The molecule has 1 aromatic carbocycles. The number of halogens is 1. The fourth-order valence-corrected chi connectivity index (χ4v) is 4.74. The van der Waals surface area contributed by atoms with Crippen molar-refractivity contribution in [1.82, 2.24) is 9.55 Å². The van der Waals surface area contributed by atoms with E-state index in [1.807, 2.05) is 42.8 Å². The standard InChI is InChI=1S/C27H33ClN2O4/c1-17-8-7-9-19(12-17)23(31)11-6-4-5-10-22-26(24(32)13-18(2)14-25(33)34)21-15-20(28)16-29-27(21)30(22)3/h7-9,12,15-16,18,23,31H,4-6,10-11,13-14H2,1-3H3,(H,33,34)/t18-,23+/m0/s1. The number of aryl methyl sites for hydroxylation is 2. The zero-order valence-electron chi connectivity index (χ0n) is 20.1. The molecule has 3 aromatic rings. The quantitative estimate of drug-likeness (QED) is 0.241. The SMILES string of the molecule is Cc1cccc([C@H](O)CCCCCc2c(C(=O)C[C@H](C)CC(=O)O)c3cc(Cl)cnc3n2C)c1. The smallest absolute Gasteiger partial charge is 0.303 e. The van der Waals surface area contributed by atoms with Crippen molar-refractivity contribution in [3.63, 3.8) is 0 Å². The second-order valence-corrected chi connectivity index (χ2v) is 9.70. The third kappa shape index (κ3) is 6.45. The first-order valence-electron chi connectivity index (χ1n) is 11.8. The van der Waals surface area contributed by atoms with Crippen molar-refractivity contribution in [2.45, 2.75) is 64.9 Å². The molecule has 34 heavy (non-hydrogen) atoms. The maximum absolute atomic E-state index is 13.2. The Morgan fingerprint density at radius 1 is 1.15 bits per heavy atom. The van der Waals surface area contributed by atoms with Crippen LogP contribution >= 0.6 is 11.6 Å². The number of benzene rings is 1. The molecule has 6 nitrogen and oxygen atoms in total. The molecule has 2 heterocycles. The molecule has 0 amide bonds. The number of nitrogens with zero attached hydrogens (tertiary/aromatic N) is 2. The largest absolute Gasteiger partial charge is 0.481 e. The summed E-state index contributed by atoms with van der Waals surface area (Å²) in [4.78, 5) is 28.7. The lowest BCUT2D eigenvalue weighted by Crippen LogP contribution is -2.12. The number of aliphatic hydroxyl groups is 1. The van der Waals surface area contributed by atoms with Crippen molar-refractivity contribution in [2.75, 3.05) is 0 Å². The van der Waals surface area contributed by atoms with Gasteiger partial charge >= 0.3 is 5.97 Å². The third-order valence-electron chi connectivity index (χ3n) is 6.27. The summed E-state index contributed by atoms with van der Waals surface area (Å²) in [6.45, 7) is 3.80. The number of fused-ring (bicyclic) bond motifs is 1. The van der Waals surface area contributed by atoms with Gasteiger partial charge in [0.25, 0.3) is 0 Å². The van der Waals surface area contributed by atoms with Crippen molar-refractivity contribution < 1.29 is 19.8 Å². The van der Waals surface area contributed by atoms with Gasteiger partial charge in [-0.1, -0.05) is 61.2 Å². The Hall–Kier alpha value is -2.70. The van der Waals surface area contributed by atoms with Crippen LogP contribution in [0.1, 0.15) is 78.7 Å². The molecule has 182 valence electrons. The van der Waals surface area contributed by atoms with E-state index >= 15 is 0 Å². The number of hydrogen-bond acceptors (Lipinski definition) is 4. The molecule has 0 spiro atoms. The van der Waals surface area contributed by atoms with Gasteiger partial charge in [0.15, 0.2) is 5.78 Å². The lowest BCUT2D eigenvalue weighted by molar-refractivity contribution is -0.137. The van der Waals surface area contributed by atoms with E-state index in [9.17, 15) is 14.7 Å². The molecule has 0 aliphatic heterocycles. The van der Waals surface area contributed by atoms with Gasteiger partial charge in [-0.15, -0.1) is 0 Å². The maximum atomic E-state index is 13.2. The highest BCUT2D eigenvalue weighted by Crippen LogP contribution is 2.30. The Morgan fingerprint density at radius 2 is 1.91 bits per heavy atom. The minimum atomic E-state index is -0.906. The molecule has 0 saturated heterocycles. The van der Waals surface area contributed by atoms with Crippen LogP contribution in [0.5, 0.6) is 0 Å². The highest BCUT2D eigenvalue weighted by atomic mass is 35.5. The van der Waals surface area contributed by atoms with E-state index in [0.717, 1.165) is 36.1 Å². The number of Topliss-reactive ketones (excluding diaryl/α,β-unsaturated/α-hetero) is 1. The number of carbonyl (C=O) groups is 2. The number of carboxylic acid groups (broad SMARTS) is 1. The fraction of sp³-hybridized carbons (Fsp3) is 0.444. The van der Waals surface area contributed by atoms with Gasteiger partial charge in [0, 0.05) is 42.7 Å². The Morgan fingerprint density at radius 3 is 2.62 bits per heavy atom. The summed E-state index contributed by atoms with van der Waals surface area (Å²) in [7, 11) is 1.90. The molecule has 2 N–H and O–H groups in total. The summed E-state index contributed by atoms with van der Waals surface area (Å²) in [6, 6.07) is 9.71. The van der Waals surface area contributed by atoms with Gasteiger partial charge in [-0.3, -0.25) is 9.59 Å². The van der Waals surface area contributed by atoms with Gasteiger partial charge in [-0.05, 0) is 43.7 Å². The molecule has 2 aromatic heterocycles. The van der Waals surface area contributed by atoms with Crippen LogP contribution in [-0.4, -0.2) is 31.5 Å². The van der Waals surface area contributed by atoms with Crippen LogP contribution in [0.2, 0.25) is 5.02 Å². The number of unbranched alkanes of at least 4 members (excludes halogenated alkanes) is 2. The molecule has 0 bridgehead atoms. The second kappa shape index (κ2) is 11.6. The minimum absolute atomic E-state index is 0.0475. The molecule has 0 unspecified atom stereocenters. The number of pyridine rings is 1. The summed E-state index contributed by atoms with van der Waals surface area (Å²) >= 11 is 6.18. The van der Waals surface area contributed by atoms with Crippen molar-refractivity contribution >= 4 is 34.4 Å². The van der Waals surface area contributed by atoms with E-state index < -0.39 is 12.1 Å². The summed E-state index contributed by atoms with van der Waals surface area (Å²) in [5, 5.41) is 20.7. The lowest BCUT2D eigenvalue weighted by atomic mass is 9.94. The first-order chi connectivity index (χ1) is 16.2. The summed E-state index contributed by atoms with van der Waals surface area (Å²) in [5.74, 6) is -1.24. The van der Waals surface area contributed by atoms with Crippen molar-refractivity contribution in [3.8, 4) is 0 Å². The Bertz CT molecular complexity index is 1170. The third-order valence-corrected chi connectivity index (χ3v) is 6.47. The number of aromatic nitrogens is 2. The Kier molecular flexibility index (Phi) is 8.86. The van der Waals surface area contributed by atoms with Gasteiger partial charge in [-0.25, -0.2) is 4.98 Å². The van der Waals surface area contributed by atoms with Crippen molar-refractivity contribution in [2.24, 2.45) is 13.0 Å². The summed E-state index contributed by atoms with van der Waals surface area (Å²) < 4.78 is 1.95. The van der Waals surface area contributed by atoms with Crippen molar-refractivity contribution in [3.05, 3.63) is 63.9 Å². The van der Waals surface area contributed by atoms with E-state index in [0.29, 0.717) is 34.5 Å². The highest BCUT2D eigenvalue weighted by Gasteiger charge is 2.24. The molecule has 7 heteroatoms. The van der Waals surface area contributed by atoms with E-state index in [4.69, 9.17) is 16.7 Å². The fourth-order valence-electron chi connectivity index (χ4n) is 4.58. The zero-order chi connectivity index (χ0) is 24.8. The predicted octanol–water partition coefficient (Wildman–Crippen LogP) is 6.06. The van der Waals surface area contributed by atoms with E-state index in [1.54, 1.807) is 19.2 Å². The van der Waals surface area contributed by atoms with E-state index in [2.05, 4.69) is 4.98 Å². The van der Waals surface area contributed by atoms with Gasteiger partial charge in [0.1, 0.15) is 5.65 Å². The molecule has 3 rings (SSSR count). The summed E-state index contributed by atoms with van der Waals surface area (Å²) in [6.07, 6.45) is 5.25. The lowest BCUT2D eigenvalue weighted by Gasteiger charge is -2.12. The number of hydrogen-bond donors (Lipinski definition) is 2. The van der Waals surface area contributed by atoms with Crippen LogP contribution in [-0.2, 0) is 18.3 Å². The molecule has 0 aliphatic carbocycles. The summed E-state index contributed by atoms with van der Waals surface area (Å²) in [5.41, 5.74) is 4.28. The molecular formula is C27H33ClN2O4. The first-order valence-corrected chi connectivity index (χ1v) is 12.2.